The normalized spacial score (nSPS) is 11.4. The van der Waals surface area contributed by atoms with Crippen LogP contribution in [0.15, 0.2) is 229 Å². The highest BCUT2D eigenvalue weighted by molar-refractivity contribution is 6.09. The van der Waals surface area contributed by atoms with Crippen molar-refractivity contribution in [2.24, 2.45) is 0 Å². The van der Waals surface area contributed by atoms with E-state index in [0.29, 0.717) is 0 Å². The minimum absolute atomic E-state index is 0.895. The molecule has 272 valence electrons. The van der Waals surface area contributed by atoms with Crippen molar-refractivity contribution in [1.82, 2.24) is 0 Å². The van der Waals surface area contributed by atoms with Crippen molar-refractivity contribution in [2.75, 3.05) is 4.90 Å². The fraction of sp³-hybridized carbons (Fsp3) is 0. The van der Waals surface area contributed by atoms with Gasteiger partial charge in [-0.2, -0.15) is 0 Å². The van der Waals surface area contributed by atoms with E-state index in [1.165, 1.54) is 54.9 Å². The van der Waals surface area contributed by atoms with Crippen LogP contribution in [0, 0.1) is 0 Å². The van der Waals surface area contributed by atoms with E-state index in [0.717, 1.165) is 50.1 Å². The molecule has 0 unspecified atom stereocenters. The van der Waals surface area contributed by atoms with Gasteiger partial charge in [0, 0.05) is 27.8 Å². The van der Waals surface area contributed by atoms with Crippen molar-refractivity contribution in [3.05, 3.63) is 224 Å². The Morgan fingerprint density at radius 2 is 0.638 bits per heavy atom. The molecule has 2 nitrogen and oxygen atoms in total. The number of rotatable bonds is 7. The number of nitrogens with zero attached hydrogens (tertiary/aromatic N) is 1. The molecule has 0 atom stereocenters. The second-order valence-corrected chi connectivity index (χ2v) is 15.0. The van der Waals surface area contributed by atoms with Crippen LogP contribution in [0.4, 0.5) is 17.1 Å². The van der Waals surface area contributed by atoms with Gasteiger partial charge in [0.05, 0.1) is 0 Å². The minimum Gasteiger partial charge on any atom is -0.456 e. The Morgan fingerprint density at radius 3 is 1.21 bits per heavy atom. The summed E-state index contributed by atoms with van der Waals surface area (Å²) < 4.78 is 6.29. The van der Waals surface area contributed by atoms with Gasteiger partial charge < -0.3 is 9.32 Å². The summed E-state index contributed by atoms with van der Waals surface area (Å²) in [5.41, 5.74) is 14.6. The van der Waals surface area contributed by atoms with Crippen LogP contribution < -0.4 is 4.90 Å². The average Bonchev–Trinajstić information content (AvgIpc) is 3.67. The predicted octanol–water partition coefficient (Wildman–Crippen LogP) is 16.0. The Balaban J connectivity index is 0.965. The molecular formula is C56H37NO. The maximum atomic E-state index is 6.29. The van der Waals surface area contributed by atoms with E-state index in [2.05, 4.69) is 229 Å². The molecule has 0 fully saturated rings. The third-order valence-corrected chi connectivity index (χ3v) is 11.5. The zero-order valence-corrected chi connectivity index (χ0v) is 31.7. The van der Waals surface area contributed by atoms with Gasteiger partial charge in [-0.1, -0.05) is 164 Å². The summed E-state index contributed by atoms with van der Waals surface area (Å²) in [6.45, 7) is 0. The van der Waals surface area contributed by atoms with Gasteiger partial charge >= 0.3 is 0 Å². The van der Waals surface area contributed by atoms with Gasteiger partial charge in [-0.25, -0.2) is 0 Å². The number of hydrogen-bond donors (Lipinski definition) is 0. The first kappa shape index (κ1) is 33.6. The number of hydrogen-bond acceptors (Lipinski definition) is 2. The van der Waals surface area contributed by atoms with Crippen molar-refractivity contribution < 1.29 is 4.42 Å². The highest BCUT2D eigenvalue weighted by atomic mass is 16.3. The van der Waals surface area contributed by atoms with Crippen LogP contribution in [-0.4, -0.2) is 0 Å². The average molecular weight is 740 g/mol. The Kier molecular flexibility index (Phi) is 8.19. The van der Waals surface area contributed by atoms with Gasteiger partial charge in [0.2, 0.25) is 0 Å². The lowest BCUT2D eigenvalue weighted by Gasteiger charge is -2.26. The molecule has 1 heterocycles. The predicted molar refractivity (Wildman–Crippen MR) is 245 cm³/mol. The number of furan rings is 1. The topological polar surface area (TPSA) is 16.4 Å². The molecule has 0 bridgehead atoms. The zero-order valence-electron chi connectivity index (χ0n) is 31.7. The molecule has 0 N–H and O–H groups in total. The molecule has 2 heteroatoms. The van der Waals surface area contributed by atoms with E-state index in [9.17, 15) is 0 Å². The Bertz CT molecular complexity index is 3240. The molecule has 0 aliphatic rings. The summed E-state index contributed by atoms with van der Waals surface area (Å²) in [7, 11) is 0. The molecule has 0 aliphatic heterocycles. The summed E-state index contributed by atoms with van der Waals surface area (Å²) in [5, 5.41) is 7.23. The van der Waals surface area contributed by atoms with E-state index >= 15 is 0 Å². The first-order valence-electron chi connectivity index (χ1n) is 19.8. The van der Waals surface area contributed by atoms with Gasteiger partial charge in [-0.15, -0.1) is 0 Å². The van der Waals surface area contributed by atoms with E-state index in [-0.39, 0.29) is 0 Å². The fourth-order valence-electron chi connectivity index (χ4n) is 8.45. The highest BCUT2D eigenvalue weighted by Crippen LogP contribution is 2.40. The lowest BCUT2D eigenvalue weighted by Crippen LogP contribution is -2.09. The minimum atomic E-state index is 0.895. The SMILES string of the molecule is c1ccc(-c2ccc(-c3ccc(N(c4ccc(-c5ccc6oc7ccc(-c8ccccc8)cc7c6c5)cc4)c4ccc5c(ccc6ccccc65)c4)cc3)cc2)cc1. The summed E-state index contributed by atoms with van der Waals surface area (Å²) in [6, 6.07) is 80.7. The van der Waals surface area contributed by atoms with Crippen LogP contribution >= 0.6 is 0 Å². The maximum absolute atomic E-state index is 6.29. The Morgan fingerprint density at radius 1 is 0.241 bits per heavy atom. The molecule has 0 saturated heterocycles. The molecule has 10 aromatic carbocycles. The van der Waals surface area contributed by atoms with Crippen molar-refractivity contribution in [1.29, 1.82) is 0 Å². The first-order chi connectivity index (χ1) is 28.7. The molecule has 0 amide bonds. The van der Waals surface area contributed by atoms with E-state index in [4.69, 9.17) is 4.42 Å². The summed E-state index contributed by atoms with van der Waals surface area (Å²) in [5.74, 6) is 0. The number of fused-ring (bicyclic) bond motifs is 6. The zero-order chi connectivity index (χ0) is 38.4. The molecule has 11 rings (SSSR count). The van der Waals surface area contributed by atoms with E-state index in [1.54, 1.807) is 0 Å². The Labute approximate surface area is 337 Å². The van der Waals surface area contributed by atoms with Gasteiger partial charge in [-0.3, -0.25) is 0 Å². The van der Waals surface area contributed by atoms with Crippen LogP contribution in [0.2, 0.25) is 0 Å². The van der Waals surface area contributed by atoms with E-state index in [1.807, 2.05) is 0 Å². The molecule has 0 spiro atoms. The Hall–Kier alpha value is -7.68. The maximum Gasteiger partial charge on any atom is 0.135 e. The van der Waals surface area contributed by atoms with Crippen molar-refractivity contribution in [3.63, 3.8) is 0 Å². The first-order valence-corrected chi connectivity index (χ1v) is 19.8. The standard InChI is InChI=1S/C56H37NO/c1-3-9-38(10-4-1)40-15-17-41(18-16-40)42-21-27-48(28-22-42)57(50-31-32-52-47(35-50)20-19-44-13-7-8-14-51(44)52)49-29-23-43(24-30-49)46-26-34-56-54(37-46)53-36-45(25-33-55(53)58-56)39-11-5-2-6-12-39/h1-37H. The van der Waals surface area contributed by atoms with Crippen LogP contribution in [0.3, 0.4) is 0 Å². The summed E-state index contributed by atoms with van der Waals surface area (Å²) in [4.78, 5) is 2.36. The van der Waals surface area contributed by atoms with Crippen LogP contribution in [-0.2, 0) is 0 Å². The molecule has 11 aromatic rings. The number of benzene rings is 10. The highest BCUT2D eigenvalue weighted by Gasteiger charge is 2.16. The molecule has 0 radical (unpaired) electrons. The second-order valence-electron chi connectivity index (χ2n) is 15.0. The van der Waals surface area contributed by atoms with E-state index < -0.39 is 0 Å². The largest absolute Gasteiger partial charge is 0.456 e. The third-order valence-electron chi connectivity index (χ3n) is 11.5. The number of anilines is 3. The van der Waals surface area contributed by atoms with Gasteiger partial charge in [0.15, 0.2) is 0 Å². The van der Waals surface area contributed by atoms with Crippen molar-refractivity contribution in [3.8, 4) is 44.5 Å². The molecule has 58 heavy (non-hydrogen) atoms. The second kappa shape index (κ2) is 14.1. The van der Waals surface area contributed by atoms with Crippen molar-refractivity contribution >= 4 is 60.5 Å². The van der Waals surface area contributed by atoms with Crippen molar-refractivity contribution in [2.45, 2.75) is 0 Å². The fourth-order valence-corrected chi connectivity index (χ4v) is 8.45. The van der Waals surface area contributed by atoms with Gasteiger partial charge in [0.25, 0.3) is 0 Å². The van der Waals surface area contributed by atoms with Gasteiger partial charge in [0.1, 0.15) is 11.2 Å². The van der Waals surface area contributed by atoms with Crippen LogP contribution in [0.25, 0.3) is 88.0 Å². The third kappa shape index (κ3) is 6.09. The molecule has 1 aromatic heterocycles. The van der Waals surface area contributed by atoms with Crippen LogP contribution in [0.1, 0.15) is 0 Å². The smallest absolute Gasteiger partial charge is 0.135 e. The summed E-state index contributed by atoms with van der Waals surface area (Å²) in [6.07, 6.45) is 0. The van der Waals surface area contributed by atoms with Crippen LogP contribution in [0.5, 0.6) is 0 Å². The van der Waals surface area contributed by atoms with Gasteiger partial charge in [-0.05, 0) is 127 Å². The lowest BCUT2D eigenvalue weighted by molar-refractivity contribution is 0.669. The monoisotopic (exact) mass is 739 g/mol. The summed E-state index contributed by atoms with van der Waals surface area (Å²) >= 11 is 0. The lowest BCUT2D eigenvalue weighted by atomic mass is 9.99. The molecular weight excluding hydrogens is 703 g/mol. The quantitative estimate of drug-likeness (QED) is 0.151. The molecule has 0 saturated carbocycles. The molecule has 0 aliphatic carbocycles.